The molecule has 0 aliphatic heterocycles. The molecule has 0 spiro atoms. The number of phenols is 1. The van der Waals surface area contributed by atoms with Crippen molar-refractivity contribution in [1.29, 1.82) is 0 Å². The van der Waals surface area contributed by atoms with Crippen molar-refractivity contribution in [3.63, 3.8) is 0 Å². The molecular formula is C10H15BrFNO. The van der Waals surface area contributed by atoms with Crippen molar-refractivity contribution in [2.45, 2.75) is 25.8 Å². The van der Waals surface area contributed by atoms with Crippen LogP contribution in [0.4, 0.5) is 4.39 Å². The highest BCUT2D eigenvalue weighted by Gasteiger charge is 2.12. The molecule has 0 aliphatic rings. The van der Waals surface area contributed by atoms with Gasteiger partial charge in [0, 0.05) is 5.54 Å². The Balaban J connectivity index is 0.00000169. The first-order chi connectivity index (χ1) is 5.88. The van der Waals surface area contributed by atoms with E-state index in [1.54, 1.807) is 6.07 Å². The predicted molar refractivity (Wildman–Crippen MR) is 60.4 cm³/mol. The summed E-state index contributed by atoms with van der Waals surface area (Å²) in [5.74, 6) is -0.916. The Hall–Kier alpha value is -0.610. The number of hydrogen-bond acceptors (Lipinski definition) is 2. The van der Waals surface area contributed by atoms with Crippen LogP contribution in [0, 0.1) is 5.82 Å². The number of rotatable bonds is 2. The summed E-state index contributed by atoms with van der Waals surface area (Å²) in [6.45, 7) is 3.76. The van der Waals surface area contributed by atoms with Gasteiger partial charge in [-0.2, -0.15) is 0 Å². The van der Waals surface area contributed by atoms with Gasteiger partial charge in [0.2, 0.25) is 0 Å². The maximum atomic E-state index is 12.7. The Kier molecular flexibility index (Phi) is 4.55. The van der Waals surface area contributed by atoms with Gasteiger partial charge in [0.1, 0.15) is 0 Å². The maximum Gasteiger partial charge on any atom is 0.164 e. The van der Waals surface area contributed by atoms with Gasteiger partial charge in [-0.3, -0.25) is 0 Å². The summed E-state index contributed by atoms with van der Waals surface area (Å²) < 4.78 is 12.7. The summed E-state index contributed by atoms with van der Waals surface area (Å²) in [4.78, 5) is 0. The standard InChI is InChI=1S/C10H14FNO.BrH/c1-10(2,12)6-7-3-4-8(11)9(13)5-7;/h3-5,13H,6,12H2,1-2H3;1H. The third-order valence-electron chi connectivity index (χ3n) is 1.67. The molecule has 0 heterocycles. The molecule has 0 radical (unpaired) electrons. The van der Waals surface area contributed by atoms with Gasteiger partial charge in [0.25, 0.3) is 0 Å². The highest BCUT2D eigenvalue weighted by atomic mass is 79.9. The van der Waals surface area contributed by atoms with Gasteiger partial charge in [0.15, 0.2) is 11.6 Å². The Bertz CT molecular complexity index is 309. The lowest BCUT2D eigenvalue weighted by molar-refractivity contribution is 0.430. The second kappa shape index (κ2) is 4.75. The van der Waals surface area contributed by atoms with Crippen LogP contribution in [0.15, 0.2) is 18.2 Å². The topological polar surface area (TPSA) is 46.2 Å². The van der Waals surface area contributed by atoms with E-state index in [1.807, 2.05) is 13.8 Å². The van der Waals surface area contributed by atoms with E-state index < -0.39 is 5.82 Å². The van der Waals surface area contributed by atoms with Crippen molar-refractivity contribution < 1.29 is 9.50 Å². The lowest BCUT2D eigenvalue weighted by atomic mass is 9.96. The Labute approximate surface area is 93.7 Å². The van der Waals surface area contributed by atoms with E-state index in [4.69, 9.17) is 10.8 Å². The van der Waals surface area contributed by atoms with E-state index in [9.17, 15) is 4.39 Å². The number of hydrogen-bond donors (Lipinski definition) is 2. The molecule has 1 aromatic rings. The van der Waals surface area contributed by atoms with E-state index in [1.165, 1.54) is 12.1 Å². The van der Waals surface area contributed by atoms with Gasteiger partial charge in [-0.15, -0.1) is 17.0 Å². The zero-order valence-electron chi connectivity index (χ0n) is 8.25. The molecule has 4 heteroatoms. The summed E-state index contributed by atoms with van der Waals surface area (Å²) in [6.07, 6.45) is 0.612. The molecule has 0 saturated heterocycles. The van der Waals surface area contributed by atoms with Crippen LogP contribution in [0.3, 0.4) is 0 Å². The number of benzene rings is 1. The largest absolute Gasteiger partial charge is 0.505 e. The molecule has 0 unspecified atom stereocenters. The number of halogens is 2. The van der Waals surface area contributed by atoms with Crippen LogP contribution in [-0.4, -0.2) is 10.6 Å². The Morgan fingerprint density at radius 1 is 1.43 bits per heavy atom. The molecule has 2 nitrogen and oxygen atoms in total. The molecule has 14 heavy (non-hydrogen) atoms. The van der Waals surface area contributed by atoms with Gasteiger partial charge < -0.3 is 10.8 Å². The van der Waals surface area contributed by atoms with Crippen LogP contribution in [-0.2, 0) is 6.42 Å². The maximum absolute atomic E-state index is 12.7. The van der Waals surface area contributed by atoms with Gasteiger partial charge in [-0.1, -0.05) is 6.07 Å². The number of aromatic hydroxyl groups is 1. The number of phenolic OH excluding ortho intramolecular Hbond substituents is 1. The van der Waals surface area contributed by atoms with E-state index in [0.717, 1.165) is 5.56 Å². The molecule has 0 atom stereocenters. The first-order valence-corrected chi connectivity index (χ1v) is 4.15. The average Bonchev–Trinajstić information content (AvgIpc) is 1.94. The minimum atomic E-state index is -0.599. The third kappa shape index (κ3) is 4.07. The summed E-state index contributed by atoms with van der Waals surface area (Å²) >= 11 is 0. The molecule has 0 bridgehead atoms. The quantitative estimate of drug-likeness (QED) is 0.861. The SMILES string of the molecule is Br.CC(C)(N)Cc1ccc(F)c(O)c1. The zero-order chi connectivity index (χ0) is 10.1. The first-order valence-electron chi connectivity index (χ1n) is 4.15. The van der Waals surface area contributed by atoms with Crippen LogP contribution in [0.25, 0.3) is 0 Å². The highest BCUT2D eigenvalue weighted by molar-refractivity contribution is 8.93. The fourth-order valence-electron chi connectivity index (χ4n) is 1.19. The Morgan fingerprint density at radius 3 is 2.43 bits per heavy atom. The van der Waals surface area contributed by atoms with Gasteiger partial charge in [-0.05, 0) is 38.0 Å². The van der Waals surface area contributed by atoms with E-state index in [2.05, 4.69) is 0 Å². The average molecular weight is 264 g/mol. The highest BCUT2D eigenvalue weighted by Crippen LogP contribution is 2.19. The van der Waals surface area contributed by atoms with Gasteiger partial charge >= 0.3 is 0 Å². The van der Waals surface area contributed by atoms with Crippen LogP contribution >= 0.6 is 17.0 Å². The molecule has 0 aliphatic carbocycles. The predicted octanol–water partition coefficient (Wildman–Crippen LogP) is 2.39. The molecule has 0 aromatic heterocycles. The van der Waals surface area contributed by atoms with Crippen LogP contribution < -0.4 is 5.73 Å². The van der Waals surface area contributed by atoms with Crippen LogP contribution in [0.2, 0.25) is 0 Å². The van der Waals surface area contributed by atoms with Crippen molar-refractivity contribution in [3.8, 4) is 5.75 Å². The molecular weight excluding hydrogens is 249 g/mol. The van der Waals surface area contributed by atoms with Crippen molar-refractivity contribution >= 4 is 17.0 Å². The second-order valence-corrected chi connectivity index (χ2v) is 3.95. The summed E-state index contributed by atoms with van der Waals surface area (Å²) in [6, 6.07) is 4.28. The second-order valence-electron chi connectivity index (χ2n) is 3.95. The van der Waals surface area contributed by atoms with Crippen molar-refractivity contribution in [1.82, 2.24) is 0 Å². The molecule has 0 amide bonds. The fraction of sp³-hybridized carbons (Fsp3) is 0.400. The van der Waals surface area contributed by atoms with Crippen molar-refractivity contribution in [2.24, 2.45) is 5.73 Å². The summed E-state index contributed by atoms with van der Waals surface area (Å²) in [5.41, 5.74) is 6.28. The molecule has 80 valence electrons. The zero-order valence-corrected chi connectivity index (χ0v) is 9.96. The smallest absolute Gasteiger partial charge is 0.164 e. The molecule has 0 saturated carbocycles. The van der Waals surface area contributed by atoms with Crippen LogP contribution in [0.5, 0.6) is 5.75 Å². The molecule has 3 N–H and O–H groups in total. The third-order valence-corrected chi connectivity index (χ3v) is 1.67. The lowest BCUT2D eigenvalue weighted by Crippen LogP contribution is -2.34. The van der Waals surface area contributed by atoms with E-state index >= 15 is 0 Å². The number of nitrogens with two attached hydrogens (primary N) is 1. The van der Waals surface area contributed by atoms with Crippen LogP contribution in [0.1, 0.15) is 19.4 Å². The monoisotopic (exact) mass is 263 g/mol. The minimum Gasteiger partial charge on any atom is -0.505 e. The lowest BCUT2D eigenvalue weighted by Gasteiger charge is -2.18. The van der Waals surface area contributed by atoms with Gasteiger partial charge in [0.05, 0.1) is 0 Å². The molecule has 1 rings (SSSR count). The normalized spacial score (nSPS) is 10.9. The van der Waals surface area contributed by atoms with E-state index in [-0.39, 0.29) is 28.3 Å². The fourth-order valence-corrected chi connectivity index (χ4v) is 1.19. The first kappa shape index (κ1) is 13.4. The minimum absolute atomic E-state index is 0. The Morgan fingerprint density at radius 2 is 2.00 bits per heavy atom. The van der Waals surface area contributed by atoms with Gasteiger partial charge in [-0.25, -0.2) is 4.39 Å². The van der Waals surface area contributed by atoms with E-state index in [0.29, 0.717) is 6.42 Å². The molecule has 0 fully saturated rings. The van der Waals surface area contributed by atoms with Crippen molar-refractivity contribution in [3.05, 3.63) is 29.6 Å². The molecule has 1 aromatic carbocycles. The van der Waals surface area contributed by atoms with Crippen molar-refractivity contribution in [2.75, 3.05) is 0 Å². The summed E-state index contributed by atoms with van der Waals surface area (Å²) in [7, 11) is 0. The summed E-state index contributed by atoms with van der Waals surface area (Å²) in [5, 5.41) is 9.08.